The molecule has 2 amide bonds. The van der Waals surface area contributed by atoms with Crippen LogP contribution >= 0.6 is 35.0 Å². The summed E-state index contributed by atoms with van der Waals surface area (Å²) in [5.74, 6) is -0.371. The standard InChI is InChI=1S/C24H20Cl2N2O2S/c1-16(24(30)28-21-14-18(25)13-19(26)15-21)31-22-10-8-20(9-11-22)27-23(29)12-7-17-5-3-2-4-6-17/h2-16H,1H3,(H,27,29)(H,28,30)/b12-7+. The smallest absolute Gasteiger partial charge is 0.248 e. The first-order valence-corrected chi connectivity index (χ1v) is 11.1. The number of benzene rings is 3. The summed E-state index contributed by atoms with van der Waals surface area (Å²) in [6.07, 6.45) is 3.25. The van der Waals surface area contributed by atoms with Crippen LogP contribution in [0.25, 0.3) is 6.08 Å². The number of carbonyl (C=O) groups is 2. The van der Waals surface area contributed by atoms with Gasteiger partial charge < -0.3 is 10.6 Å². The van der Waals surface area contributed by atoms with Crippen LogP contribution in [0.3, 0.4) is 0 Å². The molecule has 3 rings (SSSR count). The molecule has 31 heavy (non-hydrogen) atoms. The van der Waals surface area contributed by atoms with Crippen LogP contribution in [-0.4, -0.2) is 17.1 Å². The summed E-state index contributed by atoms with van der Waals surface area (Å²) in [5.41, 5.74) is 2.19. The minimum Gasteiger partial charge on any atom is -0.325 e. The lowest BCUT2D eigenvalue weighted by atomic mass is 10.2. The molecule has 1 unspecified atom stereocenters. The summed E-state index contributed by atoms with van der Waals surface area (Å²) in [7, 11) is 0. The van der Waals surface area contributed by atoms with Crippen LogP contribution in [0, 0.1) is 0 Å². The third-order valence-corrected chi connectivity index (χ3v) is 5.71. The maximum atomic E-state index is 12.5. The highest BCUT2D eigenvalue weighted by Crippen LogP contribution is 2.27. The number of anilines is 2. The Kier molecular flexibility index (Phi) is 8.18. The van der Waals surface area contributed by atoms with Gasteiger partial charge in [0.2, 0.25) is 11.8 Å². The van der Waals surface area contributed by atoms with Crippen molar-refractivity contribution in [2.75, 3.05) is 10.6 Å². The predicted octanol–water partition coefficient (Wildman–Crippen LogP) is 6.76. The van der Waals surface area contributed by atoms with E-state index in [1.54, 1.807) is 36.4 Å². The fourth-order valence-corrected chi connectivity index (χ4v) is 4.06. The fraction of sp³-hybridized carbons (Fsp3) is 0.0833. The molecule has 158 valence electrons. The molecule has 0 bridgehead atoms. The van der Waals surface area contributed by atoms with E-state index in [1.165, 1.54) is 17.8 Å². The van der Waals surface area contributed by atoms with Gasteiger partial charge in [0.1, 0.15) is 0 Å². The molecule has 0 aliphatic rings. The molecular formula is C24H20Cl2N2O2S. The molecule has 0 saturated heterocycles. The van der Waals surface area contributed by atoms with Gasteiger partial charge in [0.25, 0.3) is 0 Å². The minimum atomic E-state index is -0.341. The molecular weight excluding hydrogens is 451 g/mol. The van der Waals surface area contributed by atoms with Crippen molar-refractivity contribution >= 4 is 64.2 Å². The first kappa shape index (κ1) is 22.9. The van der Waals surface area contributed by atoms with E-state index in [2.05, 4.69) is 10.6 Å². The Morgan fingerprint density at radius 1 is 0.871 bits per heavy atom. The van der Waals surface area contributed by atoms with Crippen molar-refractivity contribution in [2.45, 2.75) is 17.1 Å². The topological polar surface area (TPSA) is 58.2 Å². The molecule has 7 heteroatoms. The van der Waals surface area contributed by atoms with Crippen LogP contribution in [0.15, 0.2) is 83.8 Å². The number of hydrogen-bond acceptors (Lipinski definition) is 3. The molecule has 0 radical (unpaired) electrons. The SMILES string of the molecule is CC(Sc1ccc(NC(=O)/C=C/c2ccccc2)cc1)C(=O)Nc1cc(Cl)cc(Cl)c1. The summed E-state index contributed by atoms with van der Waals surface area (Å²) in [4.78, 5) is 25.4. The van der Waals surface area contributed by atoms with Gasteiger partial charge in [-0.1, -0.05) is 53.5 Å². The van der Waals surface area contributed by atoms with E-state index in [-0.39, 0.29) is 17.1 Å². The van der Waals surface area contributed by atoms with Crippen molar-refractivity contribution in [3.63, 3.8) is 0 Å². The monoisotopic (exact) mass is 470 g/mol. The Morgan fingerprint density at radius 3 is 2.16 bits per heavy atom. The Balaban J connectivity index is 1.52. The van der Waals surface area contributed by atoms with E-state index in [4.69, 9.17) is 23.2 Å². The Bertz CT molecular complexity index is 1070. The lowest BCUT2D eigenvalue weighted by molar-refractivity contribution is -0.115. The van der Waals surface area contributed by atoms with Crippen LogP contribution in [0.1, 0.15) is 12.5 Å². The van der Waals surface area contributed by atoms with Gasteiger partial charge in [0, 0.05) is 32.4 Å². The number of rotatable bonds is 7. The van der Waals surface area contributed by atoms with Crippen molar-refractivity contribution in [2.24, 2.45) is 0 Å². The summed E-state index contributed by atoms with van der Waals surface area (Å²) in [6.45, 7) is 1.82. The summed E-state index contributed by atoms with van der Waals surface area (Å²) in [6, 6.07) is 21.8. The van der Waals surface area contributed by atoms with E-state index in [0.717, 1.165) is 10.5 Å². The average Bonchev–Trinajstić information content (AvgIpc) is 2.73. The highest BCUT2D eigenvalue weighted by atomic mass is 35.5. The maximum Gasteiger partial charge on any atom is 0.248 e. The number of hydrogen-bond donors (Lipinski definition) is 2. The zero-order chi connectivity index (χ0) is 22.2. The molecule has 0 saturated carbocycles. The molecule has 4 nitrogen and oxygen atoms in total. The van der Waals surface area contributed by atoms with E-state index in [1.807, 2.05) is 49.4 Å². The highest BCUT2D eigenvalue weighted by Gasteiger charge is 2.15. The van der Waals surface area contributed by atoms with E-state index in [0.29, 0.717) is 21.4 Å². The number of thioether (sulfide) groups is 1. The maximum absolute atomic E-state index is 12.5. The molecule has 0 fully saturated rings. The Hall–Kier alpha value is -2.73. The van der Waals surface area contributed by atoms with Crippen molar-refractivity contribution in [1.82, 2.24) is 0 Å². The van der Waals surface area contributed by atoms with Crippen LogP contribution in [0.5, 0.6) is 0 Å². The number of halogens is 2. The van der Waals surface area contributed by atoms with Gasteiger partial charge in [-0.25, -0.2) is 0 Å². The molecule has 0 aliphatic carbocycles. The van der Waals surface area contributed by atoms with E-state index in [9.17, 15) is 9.59 Å². The molecule has 2 N–H and O–H groups in total. The minimum absolute atomic E-state index is 0.160. The molecule has 0 heterocycles. The van der Waals surface area contributed by atoms with Gasteiger partial charge in [-0.2, -0.15) is 0 Å². The lowest BCUT2D eigenvalue weighted by Gasteiger charge is -2.13. The summed E-state index contributed by atoms with van der Waals surface area (Å²) >= 11 is 13.3. The van der Waals surface area contributed by atoms with E-state index < -0.39 is 0 Å². The lowest BCUT2D eigenvalue weighted by Crippen LogP contribution is -2.22. The average molecular weight is 471 g/mol. The van der Waals surface area contributed by atoms with Crippen LogP contribution in [0.4, 0.5) is 11.4 Å². The first-order chi connectivity index (χ1) is 14.9. The van der Waals surface area contributed by atoms with Gasteiger partial charge >= 0.3 is 0 Å². The zero-order valence-electron chi connectivity index (χ0n) is 16.6. The molecule has 0 aliphatic heterocycles. The fourth-order valence-electron chi connectivity index (χ4n) is 2.66. The normalized spacial score (nSPS) is 11.8. The number of nitrogens with one attached hydrogen (secondary N) is 2. The second kappa shape index (κ2) is 11.0. The van der Waals surface area contributed by atoms with Crippen molar-refractivity contribution in [3.8, 4) is 0 Å². The Morgan fingerprint density at radius 2 is 1.52 bits per heavy atom. The summed E-state index contributed by atoms with van der Waals surface area (Å²) in [5, 5.41) is 6.21. The van der Waals surface area contributed by atoms with Gasteiger partial charge in [-0.15, -0.1) is 11.8 Å². The third-order valence-electron chi connectivity index (χ3n) is 4.16. The second-order valence-electron chi connectivity index (χ2n) is 6.67. The third kappa shape index (κ3) is 7.47. The van der Waals surface area contributed by atoms with Gasteiger partial charge in [0.15, 0.2) is 0 Å². The van der Waals surface area contributed by atoms with Crippen LogP contribution in [0.2, 0.25) is 10.0 Å². The van der Waals surface area contributed by atoms with Crippen LogP contribution < -0.4 is 10.6 Å². The van der Waals surface area contributed by atoms with Gasteiger partial charge in [-0.05, 0) is 61.0 Å². The number of carbonyl (C=O) groups excluding carboxylic acids is 2. The van der Waals surface area contributed by atoms with E-state index >= 15 is 0 Å². The van der Waals surface area contributed by atoms with Crippen molar-refractivity contribution < 1.29 is 9.59 Å². The van der Waals surface area contributed by atoms with Crippen molar-refractivity contribution in [1.29, 1.82) is 0 Å². The quantitative estimate of drug-likeness (QED) is 0.296. The molecule has 1 atom stereocenters. The molecule has 3 aromatic carbocycles. The van der Waals surface area contributed by atoms with Crippen molar-refractivity contribution in [3.05, 3.63) is 94.5 Å². The molecule has 0 aromatic heterocycles. The zero-order valence-corrected chi connectivity index (χ0v) is 19.0. The van der Waals surface area contributed by atoms with Gasteiger partial charge in [-0.3, -0.25) is 9.59 Å². The van der Waals surface area contributed by atoms with Gasteiger partial charge in [0.05, 0.1) is 5.25 Å². The predicted molar refractivity (Wildman–Crippen MR) is 131 cm³/mol. The molecule has 3 aromatic rings. The highest BCUT2D eigenvalue weighted by molar-refractivity contribution is 8.00. The largest absolute Gasteiger partial charge is 0.325 e. The first-order valence-electron chi connectivity index (χ1n) is 9.47. The summed E-state index contributed by atoms with van der Waals surface area (Å²) < 4.78 is 0. The second-order valence-corrected chi connectivity index (χ2v) is 8.95. The molecule has 0 spiro atoms. The number of amides is 2. The van der Waals surface area contributed by atoms with Crippen LogP contribution in [-0.2, 0) is 9.59 Å². The Labute approximate surface area is 195 Å².